The minimum atomic E-state index is -3.68. The van der Waals surface area contributed by atoms with Gasteiger partial charge < -0.3 is 4.90 Å². The Morgan fingerprint density at radius 3 is 2.60 bits per heavy atom. The van der Waals surface area contributed by atoms with Crippen molar-refractivity contribution < 1.29 is 8.42 Å². The summed E-state index contributed by atoms with van der Waals surface area (Å²) in [5.41, 5.74) is 0. The number of hydrogen-bond donors (Lipinski definition) is 1. The monoisotopic (exact) mass is 232 g/mol. The molecule has 86 valence electrons. The molecule has 15 heavy (non-hydrogen) atoms. The van der Waals surface area contributed by atoms with E-state index in [0.29, 0.717) is 6.54 Å². The zero-order valence-corrected chi connectivity index (χ0v) is 9.90. The van der Waals surface area contributed by atoms with E-state index in [4.69, 9.17) is 5.14 Å². The lowest BCUT2D eigenvalue weighted by molar-refractivity contribution is 0.274. The van der Waals surface area contributed by atoms with E-state index in [0.717, 1.165) is 0 Å². The molecule has 1 aromatic heterocycles. The summed E-state index contributed by atoms with van der Waals surface area (Å²) in [6.45, 7) is 2.65. The van der Waals surface area contributed by atoms with Crippen molar-refractivity contribution in [2.75, 3.05) is 14.1 Å². The van der Waals surface area contributed by atoms with Crippen LogP contribution < -0.4 is 5.14 Å². The maximum Gasteiger partial charge on any atom is 0.257 e. The summed E-state index contributed by atoms with van der Waals surface area (Å²) >= 11 is 0. The molecule has 0 bridgehead atoms. The number of primary sulfonamides is 1. The van der Waals surface area contributed by atoms with Gasteiger partial charge in [-0.15, -0.1) is 0 Å². The second-order valence-electron chi connectivity index (χ2n) is 3.73. The fraction of sp³-hybridized carbons (Fsp3) is 0.625. The van der Waals surface area contributed by atoms with Crippen molar-refractivity contribution in [3.05, 3.63) is 12.3 Å². The first kappa shape index (κ1) is 12.2. The molecule has 0 radical (unpaired) electrons. The van der Waals surface area contributed by atoms with Crippen molar-refractivity contribution in [2.45, 2.75) is 24.5 Å². The molecule has 1 rings (SSSR count). The topological polar surface area (TPSA) is 81.2 Å². The smallest absolute Gasteiger partial charge is 0.257 e. The molecule has 2 N–H and O–H groups in total. The Balaban J connectivity index is 2.78. The summed E-state index contributed by atoms with van der Waals surface area (Å²) < 4.78 is 23.5. The van der Waals surface area contributed by atoms with E-state index < -0.39 is 10.0 Å². The predicted octanol–water partition coefficient (Wildman–Crippen LogP) is -0.519. The highest BCUT2D eigenvalue weighted by Crippen LogP contribution is 2.03. The van der Waals surface area contributed by atoms with Crippen molar-refractivity contribution in [1.82, 2.24) is 14.7 Å². The van der Waals surface area contributed by atoms with Crippen LogP contribution in [0.15, 0.2) is 17.3 Å². The van der Waals surface area contributed by atoms with Gasteiger partial charge in [0.1, 0.15) is 0 Å². The highest BCUT2D eigenvalue weighted by molar-refractivity contribution is 7.89. The van der Waals surface area contributed by atoms with Crippen molar-refractivity contribution in [3.63, 3.8) is 0 Å². The third kappa shape index (κ3) is 3.29. The Hall–Kier alpha value is -0.920. The quantitative estimate of drug-likeness (QED) is 0.757. The van der Waals surface area contributed by atoms with Crippen LogP contribution in [0.5, 0.6) is 0 Å². The Labute approximate surface area is 89.7 Å². The Kier molecular flexibility index (Phi) is 3.48. The molecule has 0 saturated heterocycles. The van der Waals surface area contributed by atoms with Gasteiger partial charge in [-0.25, -0.2) is 13.6 Å². The molecular weight excluding hydrogens is 216 g/mol. The maximum absolute atomic E-state index is 11.0. The van der Waals surface area contributed by atoms with Gasteiger partial charge >= 0.3 is 0 Å². The highest BCUT2D eigenvalue weighted by atomic mass is 32.2. The summed E-state index contributed by atoms with van der Waals surface area (Å²) in [5.74, 6) is 0. The van der Waals surface area contributed by atoms with Crippen LogP contribution in [0, 0.1) is 0 Å². The second kappa shape index (κ2) is 4.30. The average molecular weight is 232 g/mol. The van der Waals surface area contributed by atoms with Crippen molar-refractivity contribution >= 4 is 10.0 Å². The van der Waals surface area contributed by atoms with E-state index in [1.165, 1.54) is 6.07 Å². The summed E-state index contributed by atoms with van der Waals surface area (Å²) in [4.78, 5) is 2.03. The molecule has 0 fully saturated rings. The van der Waals surface area contributed by atoms with Crippen molar-refractivity contribution in [2.24, 2.45) is 5.14 Å². The Morgan fingerprint density at radius 2 is 2.20 bits per heavy atom. The van der Waals surface area contributed by atoms with Crippen LogP contribution in [0.2, 0.25) is 0 Å². The molecule has 6 nitrogen and oxygen atoms in total. The van der Waals surface area contributed by atoms with E-state index >= 15 is 0 Å². The molecule has 1 atom stereocenters. The number of nitrogens with two attached hydrogens (primary N) is 1. The lowest BCUT2D eigenvalue weighted by atomic mass is 10.3. The van der Waals surface area contributed by atoms with E-state index in [2.05, 4.69) is 5.10 Å². The van der Waals surface area contributed by atoms with Gasteiger partial charge in [0, 0.05) is 12.2 Å². The van der Waals surface area contributed by atoms with Gasteiger partial charge in [0.15, 0.2) is 5.03 Å². The second-order valence-corrected chi connectivity index (χ2v) is 5.24. The molecular formula is C8H16N4O2S. The van der Waals surface area contributed by atoms with Gasteiger partial charge in [0.25, 0.3) is 10.0 Å². The molecule has 0 aliphatic carbocycles. The average Bonchev–Trinajstić information content (AvgIpc) is 2.51. The number of aromatic nitrogens is 2. The van der Waals surface area contributed by atoms with E-state index in [1.54, 1.807) is 10.9 Å². The lowest BCUT2D eigenvalue weighted by Gasteiger charge is -2.19. The molecule has 0 aromatic carbocycles. The molecule has 7 heteroatoms. The number of likely N-dealkylation sites (N-methyl/N-ethyl adjacent to an activating group) is 1. The first-order valence-corrected chi connectivity index (χ1v) is 6.08. The standard InChI is InChI=1S/C8H16N4O2S/c1-7(11(2)3)6-12-5-4-8(10-12)15(9,13)14/h4-5,7H,6H2,1-3H3,(H2,9,13,14)/t7-/m0/s1. The number of nitrogens with zero attached hydrogens (tertiary/aromatic N) is 3. The molecule has 0 spiro atoms. The third-order valence-corrected chi connectivity index (χ3v) is 3.04. The summed E-state index contributed by atoms with van der Waals surface area (Å²) in [6.07, 6.45) is 1.61. The first-order valence-electron chi connectivity index (χ1n) is 4.53. The minimum Gasteiger partial charge on any atom is -0.305 e. The lowest BCUT2D eigenvalue weighted by Crippen LogP contribution is -2.29. The van der Waals surface area contributed by atoms with Gasteiger partial charge in [-0.2, -0.15) is 5.10 Å². The van der Waals surface area contributed by atoms with Crippen LogP contribution in [-0.2, 0) is 16.6 Å². The zero-order valence-electron chi connectivity index (χ0n) is 9.08. The van der Waals surface area contributed by atoms with Gasteiger partial charge in [-0.3, -0.25) is 4.68 Å². The first-order chi connectivity index (χ1) is 6.80. The van der Waals surface area contributed by atoms with Crippen LogP contribution in [0.4, 0.5) is 0 Å². The zero-order chi connectivity index (χ0) is 11.6. The molecule has 0 aliphatic rings. The molecule has 0 amide bonds. The third-order valence-electron chi connectivity index (χ3n) is 2.24. The van der Waals surface area contributed by atoms with Gasteiger partial charge in [0.05, 0.1) is 6.54 Å². The Bertz CT molecular complexity index is 424. The Morgan fingerprint density at radius 1 is 1.60 bits per heavy atom. The van der Waals surface area contributed by atoms with Gasteiger partial charge in [-0.1, -0.05) is 0 Å². The number of hydrogen-bond acceptors (Lipinski definition) is 4. The van der Waals surface area contributed by atoms with E-state index in [1.807, 2.05) is 25.9 Å². The molecule has 0 saturated carbocycles. The number of sulfonamides is 1. The predicted molar refractivity (Wildman–Crippen MR) is 56.7 cm³/mol. The molecule has 1 heterocycles. The van der Waals surface area contributed by atoms with Crippen LogP contribution in [0.1, 0.15) is 6.92 Å². The SMILES string of the molecule is C[C@@H](Cn1ccc(S(N)(=O)=O)n1)N(C)C. The van der Waals surface area contributed by atoms with Crippen molar-refractivity contribution in [1.29, 1.82) is 0 Å². The minimum absolute atomic E-state index is 0.0894. The van der Waals surface area contributed by atoms with Crippen LogP contribution in [-0.4, -0.2) is 43.2 Å². The van der Waals surface area contributed by atoms with Gasteiger partial charge in [0.2, 0.25) is 0 Å². The van der Waals surface area contributed by atoms with Gasteiger partial charge in [-0.05, 0) is 27.1 Å². The van der Waals surface area contributed by atoms with E-state index in [-0.39, 0.29) is 11.1 Å². The van der Waals surface area contributed by atoms with E-state index in [9.17, 15) is 8.42 Å². The maximum atomic E-state index is 11.0. The summed E-state index contributed by atoms with van der Waals surface area (Å²) in [6, 6.07) is 1.68. The fourth-order valence-corrected chi connectivity index (χ4v) is 1.50. The largest absolute Gasteiger partial charge is 0.305 e. The van der Waals surface area contributed by atoms with Crippen molar-refractivity contribution in [3.8, 4) is 0 Å². The molecule has 0 unspecified atom stereocenters. The molecule has 1 aromatic rings. The fourth-order valence-electron chi connectivity index (χ4n) is 1.03. The van der Waals surface area contributed by atoms with Crippen LogP contribution >= 0.6 is 0 Å². The number of rotatable bonds is 4. The highest BCUT2D eigenvalue weighted by Gasteiger charge is 2.13. The van der Waals surface area contributed by atoms with Crippen LogP contribution in [0.3, 0.4) is 0 Å². The summed E-state index contributed by atoms with van der Waals surface area (Å²) in [7, 11) is 0.223. The van der Waals surface area contributed by atoms with Crippen LogP contribution in [0.25, 0.3) is 0 Å². The normalized spacial score (nSPS) is 14.5. The molecule has 0 aliphatic heterocycles. The summed E-state index contributed by atoms with van der Waals surface area (Å²) in [5, 5.41) is 8.74.